The predicted molar refractivity (Wildman–Crippen MR) is 89.8 cm³/mol. The third-order valence-corrected chi connectivity index (χ3v) is 3.79. The summed E-state index contributed by atoms with van der Waals surface area (Å²) in [6.45, 7) is 4.26. The lowest BCUT2D eigenvalue weighted by molar-refractivity contribution is -0.128. The summed E-state index contributed by atoms with van der Waals surface area (Å²) in [6.07, 6.45) is 2.88. The molecule has 0 heterocycles. The van der Waals surface area contributed by atoms with Crippen molar-refractivity contribution in [3.63, 3.8) is 0 Å². The van der Waals surface area contributed by atoms with Gasteiger partial charge in [0.05, 0.1) is 17.8 Å². The van der Waals surface area contributed by atoms with Gasteiger partial charge in [0.2, 0.25) is 5.91 Å². The second-order valence-electron chi connectivity index (χ2n) is 5.40. The van der Waals surface area contributed by atoms with Gasteiger partial charge in [-0.15, -0.1) is 0 Å². The Morgan fingerprint density at radius 3 is 2.32 bits per heavy atom. The van der Waals surface area contributed by atoms with Crippen LogP contribution in [0.25, 0.3) is 0 Å². The number of amides is 3. The van der Waals surface area contributed by atoms with Crippen LogP contribution in [0.15, 0.2) is 0 Å². The van der Waals surface area contributed by atoms with Crippen molar-refractivity contribution in [1.29, 1.82) is 0 Å². The predicted octanol–water partition coefficient (Wildman–Crippen LogP) is 0.0958. The Balaban J connectivity index is 4.61. The van der Waals surface area contributed by atoms with Crippen molar-refractivity contribution in [2.75, 3.05) is 25.6 Å². The molecule has 0 aliphatic rings. The van der Waals surface area contributed by atoms with Gasteiger partial charge in [-0.2, -0.15) is 11.8 Å². The summed E-state index contributed by atoms with van der Waals surface area (Å²) in [7, 11) is 1.72. The quantitative estimate of drug-likeness (QED) is 0.401. The molecular formula is C14H28N4O3S. The highest BCUT2D eigenvalue weighted by Gasteiger charge is 2.25. The van der Waals surface area contributed by atoms with Crippen LogP contribution in [-0.2, 0) is 9.59 Å². The largest absolute Gasteiger partial charge is 0.352 e. The third-order valence-electron chi connectivity index (χ3n) is 3.22. The van der Waals surface area contributed by atoms with E-state index >= 15 is 0 Å². The molecule has 0 bridgehead atoms. The number of Topliss-reactive ketones (excluding diaryl/α,β-unsaturated/α-hetero) is 1. The first kappa shape index (κ1) is 20.7. The zero-order chi connectivity index (χ0) is 17.1. The van der Waals surface area contributed by atoms with E-state index in [-0.39, 0.29) is 23.7 Å². The van der Waals surface area contributed by atoms with Crippen molar-refractivity contribution in [3.8, 4) is 0 Å². The fourth-order valence-corrected chi connectivity index (χ4v) is 2.59. The highest BCUT2D eigenvalue weighted by Crippen LogP contribution is 2.06. The van der Waals surface area contributed by atoms with E-state index in [4.69, 9.17) is 5.73 Å². The number of urea groups is 1. The summed E-state index contributed by atoms with van der Waals surface area (Å²) in [6, 6.07) is -1.47. The number of hydrogen-bond donors (Lipinski definition) is 4. The minimum Gasteiger partial charge on any atom is -0.352 e. The molecule has 0 saturated heterocycles. The normalized spacial score (nSPS) is 13.5. The second kappa shape index (κ2) is 11.3. The fraction of sp³-hybridized carbons (Fsp3) is 0.786. The van der Waals surface area contributed by atoms with Gasteiger partial charge in [-0.05, 0) is 32.1 Å². The molecule has 0 radical (unpaired) electrons. The van der Waals surface area contributed by atoms with Crippen LogP contribution in [0.3, 0.4) is 0 Å². The van der Waals surface area contributed by atoms with Crippen LogP contribution in [0.5, 0.6) is 0 Å². The first-order valence-electron chi connectivity index (χ1n) is 7.36. The van der Waals surface area contributed by atoms with Crippen molar-refractivity contribution in [2.24, 2.45) is 11.7 Å². The van der Waals surface area contributed by atoms with Crippen LogP contribution < -0.4 is 21.7 Å². The van der Waals surface area contributed by atoms with Crippen LogP contribution >= 0.6 is 11.8 Å². The average Bonchev–Trinajstić information content (AvgIpc) is 2.42. The summed E-state index contributed by atoms with van der Waals surface area (Å²) in [5.74, 6) is 0.274. The number of primary amides is 1. The van der Waals surface area contributed by atoms with Gasteiger partial charge >= 0.3 is 6.03 Å². The zero-order valence-corrected chi connectivity index (χ0v) is 14.6. The van der Waals surface area contributed by atoms with Crippen molar-refractivity contribution in [3.05, 3.63) is 0 Å². The Labute approximate surface area is 136 Å². The summed E-state index contributed by atoms with van der Waals surface area (Å²) in [4.78, 5) is 35.0. The highest BCUT2D eigenvalue weighted by molar-refractivity contribution is 7.99. The van der Waals surface area contributed by atoms with Gasteiger partial charge in [0.15, 0.2) is 5.78 Å². The van der Waals surface area contributed by atoms with E-state index in [0.717, 1.165) is 0 Å². The van der Waals surface area contributed by atoms with Crippen molar-refractivity contribution >= 4 is 29.5 Å². The molecule has 0 spiro atoms. The summed E-state index contributed by atoms with van der Waals surface area (Å²) in [5, 5.41) is 8.25. The number of rotatable bonds is 11. The lowest BCUT2D eigenvalue weighted by Crippen LogP contribution is -2.51. The van der Waals surface area contributed by atoms with Gasteiger partial charge in [-0.1, -0.05) is 13.8 Å². The molecule has 0 aromatic rings. The molecule has 2 atom stereocenters. The van der Waals surface area contributed by atoms with Crippen LogP contribution in [0.1, 0.15) is 26.7 Å². The van der Waals surface area contributed by atoms with Crippen LogP contribution in [-0.4, -0.2) is 55.4 Å². The van der Waals surface area contributed by atoms with E-state index in [0.29, 0.717) is 25.1 Å². The number of ketones is 1. The number of nitrogens with one attached hydrogen (secondary N) is 3. The van der Waals surface area contributed by atoms with Gasteiger partial charge in [-0.3, -0.25) is 9.59 Å². The first-order valence-corrected chi connectivity index (χ1v) is 8.75. The van der Waals surface area contributed by atoms with Gasteiger partial charge < -0.3 is 21.7 Å². The van der Waals surface area contributed by atoms with Crippen molar-refractivity contribution in [1.82, 2.24) is 16.0 Å². The Kier molecular flexibility index (Phi) is 10.7. The van der Waals surface area contributed by atoms with Gasteiger partial charge in [0.25, 0.3) is 0 Å². The van der Waals surface area contributed by atoms with E-state index < -0.39 is 12.1 Å². The lowest BCUT2D eigenvalue weighted by Gasteiger charge is -2.24. The number of hydrogen-bond acceptors (Lipinski definition) is 5. The highest BCUT2D eigenvalue weighted by atomic mass is 32.2. The molecule has 22 heavy (non-hydrogen) atoms. The van der Waals surface area contributed by atoms with Gasteiger partial charge in [-0.25, -0.2) is 4.79 Å². The Morgan fingerprint density at radius 2 is 1.86 bits per heavy atom. The Hall–Kier alpha value is -1.28. The number of nitrogens with two attached hydrogens (primary N) is 1. The Morgan fingerprint density at radius 1 is 1.23 bits per heavy atom. The molecule has 0 fully saturated rings. The van der Waals surface area contributed by atoms with E-state index in [9.17, 15) is 14.4 Å². The number of thioether (sulfide) groups is 1. The molecular weight excluding hydrogens is 304 g/mol. The van der Waals surface area contributed by atoms with Crippen LogP contribution in [0.4, 0.5) is 4.79 Å². The topological polar surface area (TPSA) is 113 Å². The molecule has 0 unspecified atom stereocenters. The minimum absolute atomic E-state index is 0.0152. The lowest BCUT2D eigenvalue weighted by atomic mass is 10.0. The number of carbonyl (C=O) groups is 3. The molecule has 0 aliphatic heterocycles. The number of carbonyl (C=O) groups excluding carboxylic acids is 3. The van der Waals surface area contributed by atoms with Crippen molar-refractivity contribution < 1.29 is 14.4 Å². The molecule has 3 amide bonds. The van der Waals surface area contributed by atoms with Gasteiger partial charge in [0.1, 0.15) is 0 Å². The van der Waals surface area contributed by atoms with E-state index in [2.05, 4.69) is 16.0 Å². The maximum absolute atomic E-state index is 12.3. The summed E-state index contributed by atoms with van der Waals surface area (Å²) >= 11 is 1.42. The maximum Gasteiger partial charge on any atom is 0.312 e. The molecule has 0 rings (SSSR count). The summed E-state index contributed by atoms with van der Waals surface area (Å²) in [5.41, 5.74) is 4.99. The zero-order valence-electron chi connectivity index (χ0n) is 13.8. The Bertz CT molecular complexity index is 377. The molecule has 0 aromatic carbocycles. The first-order chi connectivity index (χ1) is 10.3. The molecule has 0 aromatic heterocycles. The molecule has 5 N–H and O–H groups in total. The molecule has 128 valence electrons. The van der Waals surface area contributed by atoms with E-state index in [1.165, 1.54) is 11.8 Å². The SMILES string of the molecule is CN[C@H](C(=O)N[C@@H](CCCNC(N)=O)C(=O)CSC)C(C)C. The monoisotopic (exact) mass is 332 g/mol. The molecule has 7 nitrogen and oxygen atoms in total. The van der Waals surface area contributed by atoms with Gasteiger partial charge in [0, 0.05) is 6.54 Å². The van der Waals surface area contributed by atoms with E-state index in [1.807, 2.05) is 20.1 Å². The van der Waals surface area contributed by atoms with E-state index in [1.54, 1.807) is 7.05 Å². The minimum atomic E-state index is -0.592. The van der Waals surface area contributed by atoms with Crippen molar-refractivity contribution in [2.45, 2.75) is 38.8 Å². The fourth-order valence-electron chi connectivity index (χ4n) is 2.10. The molecule has 8 heteroatoms. The standard InChI is InChI=1S/C14H28N4O3S/c1-9(2)12(16-3)13(20)18-10(11(19)8-22-4)6-5-7-17-14(15)21/h9-10,12,16H,5-8H2,1-4H3,(H,18,20)(H3,15,17,21)/t10-,12-/m0/s1. The third kappa shape index (κ3) is 8.23. The second-order valence-corrected chi connectivity index (χ2v) is 6.27. The maximum atomic E-state index is 12.3. The number of likely N-dealkylation sites (N-methyl/N-ethyl adjacent to an activating group) is 1. The smallest absolute Gasteiger partial charge is 0.312 e. The van der Waals surface area contributed by atoms with Crippen LogP contribution in [0, 0.1) is 5.92 Å². The summed E-state index contributed by atoms with van der Waals surface area (Å²) < 4.78 is 0. The average molecular weight is 332 g/mol. The van der Waals surface area contributed by atoms with Crippen LogP contribution in [0.2, 0.25) is 0 Å². The molecule has 0 saturated carbocycles. The molecule has 0 aliphatic carbocycles.